The SMILES string of the molecule is C[C@@H](NCc1ccc(C(=O)C(F)(F)F)s1)c1ccccc1. The van der Waals surface area contributed by atoms with E-state index in [2.05, 4.69) is 5.32 Å². The molecule has 0 aliphatic rings. The van der Waals surface area contributed by atoms with Crippen molar-refractivity contribution >= 4 is 17.1 Å². The zero-order valence-corrected chi connectivity index (χ0v) is 12.1. The van der Waals surface area contributed by atoms with Crippen molar-refractivity contribution < 1.29 is 18.0 Å². The molecule has 6 heteroatoms. The molecule has 0 aliphatic carbocycles. The van der Waals surface area contributed by atoms with Crippen LogP contribution in [0.2, 0.25) is 0 Å². The van der Waals surface area contributed by atoms with Gasteiger partial charge in [-0.3, -0.25) is 4.79 Å². The Morgan fingerprint density at radius 2 is 1.86 bits per heavy atom. The maximum atomic E-state index is 12.3. The van der Waals surface area contributed by atoms with Crippen LogP contribution in [-0.4, -0.2) is 12.0 Å². The number of rotatable bonds is 5. The van der Waals surface area contributed by atoms with Gasteiger partial charge in [-0.25, -0.2) is 0 Å². The van der Waals surface area contributed by atoms with Crippen LogP contribution in [0.5, 0.6) is 0 Å². The van der Waals surface area contributed by atoms with E-state index in [9.17, 15) is 18.0 Å². The van der Waals surface area contributed by atoms with E-state index >= 15 is 0 Å². The summed E-state index contributed by atoms with van der Waals surface area (Å²) in [6.07, 6.45) is -4.81. The fourth-order valence-corrected chi connectivity index (χ4v) is 2.77. The van der Waals surface area contributed by atoms with Crippen molar-refractivity contribution in [2.45, 2.75) is 25.7 Å². The van der Waals surface area contributed by atoms with Crippen LogP contribution in [0.15, 0.2) is 42.5 Å². The van der Waals surface area contributed by atoms with E-state index in [1.807, 2.05) is 37.3 Å². The second kappa shape index (κ2) is 6.41. The van der Waals surface area contributed by atoms with Crippen molar-refractivity contribution in [3.05, 3.63) is 57.8 Å². The van der Waals surface area contributed by atoms with Crippen LogP contribution in [0.3, 0.4) is 0 Å². The van der Waals surface area contributed by atoms with Gasteiger partial charge < -0.3 is 5.32 Å². The molecule has 1 aromatic carbocycles. The fourth-order valence-electron chi connectivity index (χ4n) is 1.85. The Kier molecular flexibility index (Phi) is 4.80. The van der Waals surface area contributed by atoms with Crippen LogP contribution in [0.25, 0.3) is 0 Å². The number of hydrogen-bond acceptors (Lipinski definition) is 3. The first-order valence-electron chi connectivity index (χ1n) is 6.36. The number of benzene rings is 1. The van der Waals surface area contributed by atoms with Gasteiger partial charge in [0.05, 0.1) is 4.88 Å². The highest BCUT2D eigenvalue weighted by Crippen LogP contribution is 2.26. The third-order valence-electron chi connectivity index (χ3n) is 3.02. The molecule has 0 spiro atoms. The molecule has 0 fully saturated rings. The lowest BCUT2D eigenvalue weighted by Gasteiger charge is -2.13. The van der Waals surface area contributed by atoms with Gasteiger partial charge in [-0.15, -0.1) is 11.3 Å². The number of carbonyl (C=O) groups is 1. The first-order valence-corrected chi connectivity index (χ1v) is 7.18. The van der Waals surface area contributed by atoms with E-state index in [0.29, 0.717) is 11.4 Å². The van der Waals surface area contributed by atoms with E-state index in [-0.39, 0.29) is 10.9 Å². The van der Waals surface area contributed by atoms with Gasteiger partial charge in [0.2, 0.25) is 0 Å². The number of hydrogen-bond donors (Lipinski definition) is 1. The molecule has 0 aliphatic heterocycles. The molecule has 0 unspecified atom stereocenters. The van der Waals surface area contributed by atoms with Crippen molar-refractivity contribution in [1.29, 1.82) is 0 Å². The van der Waals surface area contributed by atoms with E-state index < -0.39 is 12.0 Å². The van der Waals surface area contributed by atoms with E-state index in [0.717, 1.165) is 16.9 Å². The smallest absolute Gasteiger partial charge is 0.305 e. The van der Waals surface area contributed by atoms with Crippen molar-refractivity contribution in [3.8, 4) is 0 Å². The molecular weight excluding hydrogens is 299 g/mol. The zero-order chi connectivity index (χ0) is 15.5. The molecule has 2 rings (SSSR count). The van der Waals surface area contributed by atoms with E-state index in [4.69, 9.17) is 0 Å². The van der Waals surface area contributed by atoms with Crippen LogP contribution in [0.4, 0.5) is 13.2 Å². The third-order valence-corrected chi connectivity index (χ3v) is 4.11. The van der Waals surface area contributed by atoms with Crippen LogP contribution in [0.1, 0.15) is 33.1 Å². The van der Waals surface area contributed by atoms with Gasteiger partial charge in [0.1, 0.15) is 0 Å². The highest BCUT2D eigenvalue weighted by molar-refractivity contribution is 7.14. The summed E-state index contributed by atoms with van der Waals surface area (Å²) in [5, 5.41) is 3.22. The predicted octanol–water partition coefficient (Wildman–Crippen LogP) is 4.34. The number of nitrogens with one attached hydrogen (secondary N) is 1. The molecule has 1 aromatic heterocycles. The molecule has 0 saturated carbocycles. The van der Waals surface area contributed by atoms with Gasteiger partial charge in [0, 0.05) is 17.5 Å². The first kappa shape index (κ1) is 15.7. The van der Waals surface area contributed by atoms with Crippen LogP contribution >= 0.6 is 11.3 Å². The number of thiophene rings is 1. The van der Waals surface area contributed by atoms with E-state index in [1.54, 1.807) is 6.07 Å². The summed E-state index contributed by atoms with van der Waals surface area (Å²) < 4.78 is 37.0. The minimum Gasteiger partial charge on any atom is -0.305 e. The molecule has 0 amide bonds. The van der Waals surface area contributed by atoms with Gasteiger partial charge in [0.15, 0.2) is 0 Å². The Balaban J connectivity index is 1.96. The first-order chi connectivity index (χ1) is 9.88. The van der Waals surface area contributed by atoms with Gasteiger partial charge in [-0.2, -0.15) is 13.2 Å². The maximum absolute atomic E-state index is 12.3. The summed E-state index contributed by atoms with van der Waals surface area (Å²) in [5.41, 5.74) is 1.10. The zero-order valence-electron chi connectivity index (χ0n) is 11.3. The molecule has 0 bridgehead atoms. The van der Waals surface area contributed by atoms with Gasteiger partial charge >= 0.3 is 6.18 Å². The van der Waals surface area contributed by atoms with Crippen LogP contribution in [0, 0.1) is 0 Å². The number of alkyl halides is 3. The van der Waals surface area contributed by atoms with Gasteiger partial charge in [-0.1, -0.05) is 30.3 Å². The molecule has 0 saturated heterocycles. The lowest BCUT2D eigenvalue weighted by Crippen LogP contribution is -2.21. The molecule has 2 nitrogen and oxygen atoms in total. The normalized spacial score (nSPS) is 13.1. The summed E-state index contributed by atoms with van der Waals surface area (Å²) in [4.78, 5) is 11.5. The highest BCUT2D eigenvalue weighted by Gasteiger charge is 2.40. The van der Waals surface area contributed by atoms with E-state index in [1.165, 1.54) is 6.07 Å². The average Bonchev–Trinajstić information content (AvgIpc) is 2.92. The maximum Gasteiger partial charge on any atom is 0.455 e. The predicted molar refractivity (Wildman–Crippen MR) is 76.4 cm³/mol. The number of halogens is 3. The summed E-state index contributed by atoms with van der Waals surface area (Å²) >= 11 is 0.873. The molecule has 1 atom stereocenters. The van der Waals surface area contributed by atoms with Crippen molar-refractivity contribution in [3.63, 3.8) is 0 Å². The van der Waals surface area contributed by atoms with Crippen LogP contribution < -0.4 is 5.32 Å². The van der Waals surface area contributed by atoms with Crippen molar-refractivity contribution in [2.24, 2.45) is 0 Å². The molecule has 0 radical (unpaired) electrons. The van der Waals surface area contributed by atoms with Crippen LogP contribution in [-0.2, 0) is 6.54 Å². The van der Waals surface area contributed by atoms with Gasteiger partial charge in [-0.05, 0) is 24.6 Å². The highest BCUT2D eigenvalue weighted by atomic mass is 32.1. The summed E-state index contributed by atoms with van der Waals surface area (Å²) in [6, 6.07) is 12.6. The molecule has 21 heavy (non-hydrogen) atoms. The Morgan fingerprint density at radius 1 is 1.19 bits per heavy atom. The number of ketones is 1. The fraction of sp³-hybridized carbons (Fsp3) is 0.267. The molecule has 1 N–H and O–H groups in total. The number of Topliss-reactive ketones (excluding diaryl/α,β-unsaturated/α-hetero) is 1. The Bertz CT molecular complexity index is 607. The molecule has 1 heterocycles. The quantitative estimate of drug-likeness (QED) is 0.832. The summed E-state index contributed by atoms with van der Waals surface area (Å²) in [5.74, 6) is -1.78. The standard InChI is InChI=1S/C15H14F3NOS/c1-10(11-5-3-2-4-6-11)19-9-12-7-8-13(21-12)14(20)15(16,17)18/h2-8,10,19H,9H2,1H3/t10-/m1/s1. The second-order valence-corrected chi connectivity index (χ2v) is 5.77. The monoisotopic (exact) mass is 313 g/mol. The molecular formula is C15H14F3NOS. The largest absolute Gasteiger partial charge is 0.455 e. The third kappa shape index (κ3) is 4.15. The summed E-state index contributed by atoms with van der Waals surface area (Å²) in [7, 11) is 0. The Hall–Kier alpha value is -1.66. The van der Waals surface area contributed by atoms with Gasteiger partial charge in [0.25, 0.3) is 5.78 Å². The lowest BCUT2D eigenvalue weighted by atomic mass is 10.1. The molecule has 112 valence electrons. The topological polar surface area (TPSA) is 29.1 Å². The Labute approximate surface area is 124 Å². The molecule has 2 aromatic rings. The lowest BCUT2D eigenvalue weighted by molar-refractivity contribution is -0.0882. The second-order valence-electron chi connectivity index (χ2n) is 4.61. The number of carbonyl (C=O) groups excluding carboxylic acids is 1. The minimum absolute atomic E-state index is 0.0788. The summed E-state index contributed by atoms with van der Waals surface area (Å²) in [6.45, 7) is 2.40. The minimum atomic E-state index is -4.81. The average molecular weight is 313 g/mol. The Morgan fingerprint density at radius 3 is 2.48 bits per heavy atom. The van der Waals surface area contributed by atoms with Crippen molar-refractivity contribution in [2.75, 3.05) is 0 Å². The van der Waals surface area contributed by atoms with Crippen molar-refractivity contribution in [1.82, 2.24) is 5.32 Å².